The predicted octanol–water partition coefficient (Wildman–Crippen LogP) is 2.29. The lowest BCUT2D eigenvalue weighted by atomic mass is 10.0. The van der Waals surface area contributed by atoms with Crippen molar-refractivity contribution >= 4 is 27.7 Å². The second kappa shape index (κ2) is 6.02. The molecule has 1 aromatic carbocycles. The lowest BCUT2D eigenvalue weighted by molar-refractivity contribution is -0.135. The SMILES string of the molecule is CC1CCCCN1C(=O)Cn1ncc2c3ccccc3n(C)c2c1=O. The van der Waals surface area contributed by atoms with Crippen molar-refractivity contribution in [2.24, 2.45) is 7.05 Å². The van der Waals surface area contributed by atoms with E-state index in [1.54, 1.807) is 6.20 Å². The summed E-state index contributed by atoms with van der Waals surface area (Å²) in [5.41, 5.74) is 1.37. The summed E-state index contributed by atoms with van der Waals surface area (Å²) in [4.78, 5) is 27.4. The molecule has 6 heteroatoms. The molecule has 0 radical (unpaired) electrons. The maximum atomic E-state index is 12.9. The molecule has 130 valence electrons. The third-order valence-corrected chi connectivity index (χ3v) is 5.32. The zero-order valence-corrected chi connectivity index (χ0v) is 14.6. The molecule has 1 atom stereocenters. The van der Waals surface area contributed by atoms with Crippen LogP contribution >= 0.6 is 0 Å². The van der Waals surface area contributed by atoms with Crippen LogP contribution in [0.5, 0.6) is 0 Å². The van der Waals surface area contributed by atoms with E-state index in [0.717, 1.165) is 42.1 Å². The Bertz CT molecular complexity index is 1020. The predicted molar refractivity (Wildman–Crippen MR) is 97.5 cm³/mol. The van der Waals surface area contributed by atoms with Crippen molar-refractivity contribution in [3.8, 4) is 0 Å². The Morgan fingerprint density at radius 1 is 1.24 bits per heavy atom. The maximum absolute atomic E-state index is 12.9. The van der Waals surface area contributed by atoms with E-state index in [1.165, 1.54) is 4.68 Å². The summed E-state index contributed by atoms with van der Waals surface area (Å²) in [6.07, 6.45) is 4.91. The number of hydrogen-bond donors (Lipinski definition) is 0. The van der Waals surface area contributed by atoms with Gasteiger partial charge in [0.15, 0.2) is 0 Å². The van der Waals surface area contributed by atoms with Gasteiger partial charge in [-0.2, -0.15) is 5.10 Å². The monoisotopic (exact) mass is 338 g/mol. The summed E-state index contributed by atoms with van der Waals surface area (Å²) in [6.45, 7) is 2.84. The van der Waals surface area contributed by atoms with E-state index in [2.05, 4.69) is 12.0 Å². The largest absolute Gasteiger partial charge is 0.339 e. The smallest absolute Gasteiger partial charge is 0.291 e. The maximum Gasteiger partial charge on any atom is 0.291 e. The van der Waals surface area contributed by atoms with E-state index >= 15 is 0 Å². The van der Waals surface area contributed by atoms with E-state index in [0.29, 0.717) is 5.52 Å². The second-order valence-corrected chi connectivity index (χ2v) is 6.88. The molecule has 0 spiro atoms. The summed E-state index contributed by atoms with van der Waals surface area (Å²) >= 11 is 0. The molecule has 6 nitrogen and oxygen atoms in total. The van der Waals surface area contributed by atoms with Crippen LogP contribution in [0.1, 0.15) is 26.2 Å². The molecular weight excluding hydrogens is 316 g/mol. The number of likely N-dealkylation sites (tertiary alicyclic amines) is 1. The van der Waals surface area contributed by atoms with Crippen molar-refractivity contribution in [2.75, 3.05) is 6.54 Å². The molecule has 3 heterocycles. The Hall–Kier alpha value is -2.63. The highest BCUT2D eigenvalue weighted by Crippen LogP contribution is 2.24. The van der Waals surface area contributed by atoms with Gasteiger partial charge in [-0.25, -0.2) is 4.68 Å². The number of para-hydroxylation sites is 1. The van der Waals surface area contributed by atoms with E-state index in [9.17, 15) is 9.59 Å². The van der Waals surface area contributed by atoms with Crippen molar-refractivity contribution in [3.63, 3.8) is 0 Å². The minimum absolute atomic E-state index is 0.000634. The third-order valence-electron chi connectivity index (χ3n) is 5.32. The number of fused-ring (bicyclic) bond motifs is 3. The highest BCUT2D eigenvalue weighted by Gasteiger charge is 2.24. The van der Waals surface area contributed by atoms with Crippen molar-refractivity contribution < 1.29 is 4.79 Å². The van der Waals surface area contributed by atoms with Crippen LogP contribution in [0.3, 0.4) is 0 Å². The fourth-order valence-electron chi connectivity index (χ4n) is 3.91. The fourth-order valence-corrected chi connectivity index (χ4v) is 3.91. The number of carbonyl (C=O) groups excluding carboxylic acids is 1. The van der Waals surface area contributed by atoms with E-state index in [4.69, 9.17) is 0 Å². The van der Waals surface area contributed by atoms with Crippen molar-refractivity contribution in [3.05, 3.63) is 40.8 Å². The van der Waals surface area contributed by atoms with Crippen LogP contribution in [0.25, 0.3) is 21.8 Å². The van der Waals surface area contributed by atoms with Crippen LogP contribution in [0.15, 0.2) is 35.3 Å². The molecule has 3 aromatic rings. The van der Waals surface area contributed by atoms with E-state index < -0.39 is 0 Å². The van der Waals surface area contributed by atoms with Gasteiger partial charge in [-0.3, -0.25) is 9.59 Å². The normalized spacial score (nSPS) is 18.2. The molecule has 2 aromatic heterocycles. The van der Waals surface area contributed by atoms with Crippen LogP contribution in [0, 0.1) is 0 Å². The standard InChI is InChI=1S/C19H22N4O2/c1-13-7-5-6-10-22(13)17(24)12-23-19(25)18-15(11-20-23)14-8-3-4-9-16(14)21(18)2/h3-4,8-9,11,13H,5-7,10,12H2,1-2H3. The first-order chi connectivity index (χ1) is 12.1. The second-order valence-electron chi connectivity index (χ2n) is 6.88. The van der Waals surface area contributed by atoms with Crippen molar-refractivity contribution in [2.45, 2.75) is 38.8 Å². The lowest BCUT2D eigenvalue weighted by Gasteiger charge is -2.33. The molecule has 1 aliphatic rings. The summed E-state index contributed by atoms with van der Waals surface area (Å²) in [5, 5.41) is 6.11. The number of hydrogen-bond acceptors (Lipinski definition) is 3. The van der Waals surface area contributed by atoms with Gasteiger partial charge >= 0.3 is 0 Å². The van der Waals surface area contributed by atoms with Gasteiger partial charge in [0.2, 0.25) is 5.91 Å². The molecule has 0 saturated carbocycles. The molecule has 0 N–H and O–H groups in total. The molecule has 1 unspecified atom stereocenters. The zero-order chi connectivity index (χ0) is 17.6. The van der Waals surface area contributed by atoms with E-state index in [-0.39, 0.29) is 24.1 Å². The molecule has 0 aliphatic carbocycles. The average Bonchev–Trinajstić information content (AvgIpc) is 2.91. The molecule has 0 bridgehead atoms. The number of amides is 1. The quantitative estimate of drug-likeness (QED) is 0.720. The number of aromatic nitrogens is 3. The number of nitrogens with zero attached hydrogens (tertiary/aromatic N) is 4. The van der Waals surface area contributed by atoms with Gasteiger partial charge in [-0.1, -0.05) is 18.2 Å². The minimum Gasteiger partial charge on any atom is -0.339 e. The Morgan fingerprint density at radius 3 is 2.84 bits per heavy atom. The highest BCUT2D eigenvalue weighted by molar-refractivity contribution is 6.07. The summed E-state index contributed by atoms with van der Waals surface area (Å²) < 4.78 is 3.18. The number of benzene rings is 1. The lowest BCUT2D eigenvalue weighted by Crippen LogP contribution is -2.45. The number of carbonyl (C=O) groups is 1. The fraction of sp³-hybridized carbons (Fsp3) is 0.421. The Balaban J connectivity index is 1.75. The first kappa shape index (κ1) is 15.9. The molecule has 25 heavy (non-hydrogen) atoms. The summed E-state index contributed by atoms with van der Waals surface area (Å²) in [6, 6.07) is 8.12. The topological polar surface area (TPSA) is 60.1 Å². The third kappa shape index (κ3) is 2.52. The first-order valence-electron chi connectivity index (χ1n) is 8.80. The molecule has 4 rings (SSSR count). The zero-order valence-electron chi connectivity index (χ0n) is 14.6. The molecule has 1 aliphatic heterocycles. The Kier molecular flexibility index (Phi) is 3.82. The summed E-state index contributed by atoms with van der Waals surface area (Å²) in [5.74, 6) is -0.0279. The van der Waals surface area contributed by atoms with Crippen LogP contribution in [-0.2, 0) is 18.4 Å². The molecule has 1 fully saturated rings. The van der Waals surface area contributed by atoms with Crippen LogP contribution < -0.4 is 5.56 Å². The van der Waals surface area contributed by atoms with Crippen molar-refractivity contribution in [1.82, 2.24) is 19.2 Å². The summed E-state index contributed by atoms with van der Waals surface area (Å²) in [7, 11) is 1.88. The van der Waals surface area contributed by atoms with Gasteiger partial charge in [0.25, 0.3) is 5.56 Å². The average molecular weight is 338 g/mol. The Morgan fingerprint density at radius 2 is 2.04 bits per heavy atom. The minimum atomic E-state index is -0.214. The van der Waals surface area contributed by atoms with Gasteiger partial charge in [0.1, 0.15) is 12.1 Å². The number of aryl methyl sites for hydroxylation is 1. The first-order valence-corrected chi connectivity index (χ1v) is 8.80. The van der Waals surface area contributed by atoms with Gasteiger partial charge < -0.3 is 9.47 Å². The van der Waals surface area contributed by atoms with Crippen LogP contribution in [0.4, 0.5) is 0 Å². The van der Waals surface area contributed by atoms with Gasteiger partial charge in [0.05, 0.1) is 6.20 Å². The highest BCUT2D eigenvalue weighted by atomic mass is 16.2. The number of piperidine rings is 1. The van der Waals surface area contributed by atoms with Crippen LogP contribution in [-0.4, -0.2) is 37.7 Å². The van der Waals surface area contributed by atoms with Crippen LogP contribution in [0.2, 0.25) is 0 Å². The number of rotatable bonds is 2. The molecule has 1 saturated heterocycles. The van der Waals surface area contributed by atoms with Gasteiger partial charge in [0, 0.05) is 35.9 Å². The van der Waals surface area contributed by atoms with Gasteiger partial charge in [-0.15, -0.1) is 0 Å². The van der Waals surface area contributed by atoms with Crippen molar-refractivity contribution in [1.29, 1.82) is 0 Å². The van der Waals surface area contributed by atoms with E-state index in [1.807, 2.05) is 40.8 Å². The molecule has 1 amide bonds. The Labute approximate surface area is 145 Å². The van der Waals surface area contributed by atoms with Gasteiger partial charge in [-0.05, 0) is 32.3 Å². The molecular formula is C19H22N4O2.